The van der Waals surface area contributed by atoms with Crippen molar-refractivity contribution < 1.29 is 14.5 Å². The number of benzene rings is 1. The Morgan fingerprint density at radius 2 is 1.76 bits per heavy atom. The standard InChI is InChI=1S/C8H9N5O4/c9-11-7(14)4-1-2-5(8(15)12-10)6(3-4)13(16)17/h1-3H,9-10H2,(H,11,14)(H,12,15). The van der Waals surface area contributed by atoms with Crippen LogP contribution >= 0.6 is 0 Å². The van der Waals surface area contributed by atoms with Gasteiger partial charge in [0.15, 0.2) is 0 Å². The molecule has 0 aliphatic heterocycles. The summed E-state index contributed by atoms with van der Waals surface area (Å²) in [6.45, 7) is 0. The van der Waals surface area contributed by atoms with Crippen LogP contribution < -0.4 is 22.5 Å². The van der Waals surface area contributed by atoms with Gasteiger partial charge in [0.2, 0.25) is 0 Å². The van der Waals surface area contributed by atoms with Gasteiger partial charge in [-0.15, -0.1) is 0 Å². The Hall–Kier alpha value is -2.52. The van der Waals surface area contributed by atoms with Gasteiger partial charge >= 0.3 is 0 Å². The summed E-state index contributed by atoms with van der Waals surface area (Å²) in [7, 11) is 0. The molecule has 0 bridgehead atoms. The van der Waals surface area contributed by atoms with E-state index in [0.717, 1.165) is 12.1 Å². The molecule has 0 radical (unpaired) electrons. The molecule has 0 aliphatic carbocycles. The summed E-state index contributed by atoms with van der Waals surface area (Å²) < 4.78 is 0. The van der Waals surface area contributed by atoms with E-state index in [0.29, 0.717) is 0 Å². The lowest BCUT2D eigenvalue weighted by molar-refractivity contribution is -0.385. The SMILES string of the molecule is NNC(=O)c1ccc(C(=O)NN)c([N+](=O)[O-])c1. The van der Waals surface area contributed by atoms with Crippen molar-refractivity contribution in [2.45, 2.75) is 0 Å². The molecule has 0 saturated carbocycles. The summed E-state index contributed by atoms with van der Waals surface area (Å²) in [4.78, 5) is 32.3. The molecule has 0 atom stereocenters. The molecule has 2 amide bonds. The molecule has 0 unspecified atom stereocenters. The first-order chi connectivity index (χ1) is 8.01. The second-order valence-electron chi connectivity index (χ2n) is 2.94. The predicted molar refractivity (Wildman–Crippen MR) is 56.4 cm³/mol. The molecule has 9 nitrogen and oxygen atoms in total. The van der Waals surface area contributed by atoms with Crippen LogP contribution in [-0.4, -0.2) is 16.7 Å². The molecule has 0 heterocycles. The lowest BCUT2D eigenvalue weighted by Crippen LogP contribution is -2.31. The minimum atomic E-state index is -0.823. The van der Waals surface area contributed by atoms with Crippen molar-refractivity contribution in [3.05, 3.63) is 39.4 Å². The zero-order chi connectivity index (χ0) is 13.0. The fourth-order valence-corrected chi connectivity index (χ4v) is 1.18. The monoisotopic (exact) mass is 239 g/mol. The number of amides is 2. The van der Waals surface area contributed by atoms with Gasteiger partial charge in [0, 0.05) is 11.6 Å². The first kappa shape index (κ1) is 12.5. The Kier molecular flexibility index (Phi) is 3.70. The van der Waals surface area contributed by atoms with Gasteiger partial charge in [0.05, 0.1) is 4.92 Å². The number of carbonyl (C=O) groups is 2. The maximum absolute atomic E-state index is 11.2. The molecule has 0 fully saturated rings. The Balaban J connectivity index is 3.32. The average molecular weight is 239 g/mol. The van der Waals surface area contributed by atoms with Crippen molar-refractivity contribution in [2.75, 3.05) is 0 Å². The van der Waals surface area contributed by atoms with E-state index in [9.17, 15) is 19.7 Å². The van der Waals surface area contributed by atoms with E-state index in [1.807, 2.05) is 5.43 Å². The Bertz CT molecular complexity index is 487. The van der Waals surface area contributed by atoms with Crippen molar-refractivity contribution in [3.63, 3.8) is 0 Å². The van der Waals surface area contributed by atoms with Crippen LogP contribution in [0.2, 0.25) is 0 Å². The van der Waals surface area contributed by atoms with Gasteiger partial charge in [-0.1, -0.05) is 0 Å². The number of nitrogen functional groups attached to an aromatic ring is 2. The third-order valence-electron chi connectivity index (χ3n) is 1.96. The Morgan fingerprint density at radius 1 is 1.18 bits per heavy atom. The lowest BCUT2D eigenvalue weighted by Gasteiger charge is -2.03. The molecule has 90 valence electrons. The van der Waals surface area contributed by atoms with E-state index in [2.05, 4.69) is 0 Å². The summed E-state index contributed by atoms with van der Waals surface area (Å²) in [6, 6.07) is 3.28. The molecular weight excluding hydrogens is 230 g/mol. The summed E-state index contributed by atoms with van der Waals surface area (Å²) in [5.74, 6) is 8.24. The molecule has 1 aromatic carbocycles. The molecule has 1 rings (SSSR count). The molecule has 6 N–H and O–H groups in total. The van der Waals surface area contributed by atoms with Gasteiger partial charge in [-0.05, 0) is 12.1 Å². The number of nitro benzene ring substituents is 1. The highest BCUT2D eigenvalue weighted by Crippen LogP contribution is 2.20. The Labute approximate surface area is 94.9 Å². The molecule has 0 aromatic heterocycles. The number of hydrogen-bond donors (Lipinski definition) is 4. The first-order valence-electron chi connectivity index (χ1n) is 4.31. The van der Waals surface area contributed by atoms with Gasteiger partial charge < -0.3 is 0 Å². The number of carbonyl (C=O) groups excluding carboxylic acids is 2. The van der Waals surface area contributed by atoms with Gasteiger partial charge in [-0.3, -0.25) is 30.6 Å². The number of rotatable bonds is 3. The van der Waals surface area contributed by atoms with Crippen LogP contribution in [0, 0.1) is 10.1 Å². The van der Waals surface area contributed by atoms with E-state index < -0.39 is 22.4 Å². The number of hydrazine groups is 2. The highest BCUT2D eigenvalue weighted by molar-refractivity contribution is 6.00. The molecular formula is C8H9N5O4. The highest BCUT2D eigenvalue weighted by Gasteiger charge is 2.21. The van der Waals surface area contributed by atoms with Crippen molar-refractivity contribution >= 4 is 17.5 Å². The zero-order valence-electron chi connectivity index (χ0n) is 8.47. The van der Waals surface area contributed by atoms with Crippen molar-refractivity contribution in [1.82, 2.24) is 10.9 Å². The van der Waals surface area contributed by atoms with Gasteiger partial charge in [-0.2, -0.15) is 0 Å². The third-order valence-corrected chi connectivity index (χ3v) is 1.96. The first-order valence-corrected chi connectivity index (χ1v) is 4.31. The number of nitrogens with one attached hydrogen (secondary N) is 2. The van der Waals surface area contributed by atoms with Gasteiger partial charge in [-0.25, -0.2) is 11.7 Å². The Morgan fingerprint density at radius 3 is 2.24 bits per heavy atom. The number of hydrogen-bond acceptors (Lipinski definition) is 6. The zero-order valence-corrected chi connectivity index (χ0v) is 8.47. The van der Waals surface area contributed by atoms with E-state index in [4.69, 9.17) is 11.7 Å². The topological polar surface area (TPSA) is 153 Å². The van der Waals surface area contributed by atoms with Crippen LogP contribution in [0.3, 0.4) is 0 Å². The summed E-state index contributed by atoms with van der Waals surface area (Å²) >= 11 is 0. The molecule has 0 saturated heterocycles. The summed E-state index contributed by atoms with van der Waals surface area (Å²) in [5.41, 5.74) is 2.78. The number of nitrogens with zero attached hydrogens (tertiary/aromatic N) is 1. The van der Waals surface area contributed by atoms with Crippen LogP contribution in [0.1, 0.15) is 20.7 Å². The van der Waals surface area contributed by atoms with Crippen LogP contribution in [0.4, 0.5) is 5.69 Å². The van der Waals surface area contributed by atoms with Crippen molar-refractivity contribution in [1.29, 1.82) is 0 Å². The van der Waals surface area contributed by atoms with Crippen molar-refractivity contribution in [3.8, 4) is 0 Å². The third kappa shape index (κ3) is 2.53. The predicted octanol–water partition coefficient (Wildman–Crippen LogP) is -1.20. The number of nitrogens with two attached hydrogens (primary N) is 2. The number of nitro groups is 1. The lowest BCUT2D eigenvalue weighted by atomic mass is 10.1. The molecule has 0 aliphatic rings. The van der Waals surface area contributed by atoms with Crippen LogP contribution in [-0.2, 0) is 0 Å². The molecule has 1 aromatic rings. The smallest absolute Gasteiger partial charge is 0.282 e. The largest absolute Gasteiger partial charge is 0.290 e. The maximum atomic E-state index is 11.2. The van der Waals surface area contributed by atoms with Crippen molar-refractivity contribution in [2.24, 2.45) is 11.7 Å². The molecule has 0 spiro atoms. The normalized spacial score (nSPS) is 9.53. The minimum Gasteiger partial charge on any atom is -0.290 e. The quantitative estimate of drug-likeness (QED) is 0.225. The molecule has 9 heteroatoms. The van der Waals surface area contributed by atoms with Crippen LogP contribution in [0.5, 0.6) is 0 Å². The maximum Gasteiger partial charge on any atom is 0.282 e. The van der Waals surface area contributed by atoms with E-state index in [1.54, 1.807) is 5.43 Å². The summed E-state index contributed by atoms with van der Waals surface area (Å²) in [5, 5.41) is 10.7. The van der Waals surface area contributed by atoms with E-state index >= 15 is 0 Å². The minimum absolute atomic E-state index is 0.0345. The van der Waals surface area contributed by atoms with Crippen LogP contribution in [0.25, 0.3) is 0 Å². The van der Waals surface area contributed by atoms with E-state index in [1.165, 1.54) is 6.07 Å². The van der Waals surface area contributed by atoms with Crippen LogP contribution in [0.15, 0.2) is 18.2 Å². The summed E-state index contributed by atoms with van der Waals surface area (Å²) in [6.07, 6.45) is 0. The second-order valence-corrected chi connectivity index (χ2v) is 2.94. The molecule has 17 heavy (non-hydrogen) atoms. The van der Waals surface area contributed by atoms with Gasteiger partial charge in [0.25, 0.3) is 17.5 Å². The second kappa shape index (κ2) is 5.01. The van der Waals surface area contributed by atoms with E-state index in [-0.39, 0.29) is 11.1 Å². The highest BCUT2D eigenvalue weighted by atomic mass is 16.6. The fourth-order valence-electron chi connectivity index (χ4n) is 1.18. The fraction of sp³-hybridized carbons (Fsp3) is 0. The average Bonchev–Trinajstić information content (AvgIpc) is 2.35. The van der Waals surface area contributed by atoms with Gasteiger partial charge in [0.1, 0.15) is 5.56 Å².